The minimum absolute atomic E-state index is 0.155. The van der Waals surface area contributed by atoms with Crippen LogP contribution in [0.2, 0.25) is 0 Å². The summed E-state index contributed by atoms with van der Waals surface area (Å²) < 4.78 is 43.9. The summed E-state index contributed by atoms with van der Waals surface area (Å²) in [6, 6.07) is 8.58. The average molecular weight is 532 g/mol. The van der Waals surface area contributed by atoms with Crippen molar-refractivity contribution in [2.24, 2.45) is 0 Å². The van der Waals surface area contributed by atoms with Crippen molar-refractivity contribution in [3.63, 3.8) is 0 Å². The number of halogens is 4. The molecular weight excluding hydrogens is 511 g/mol. The van der Waals surface area contributed by atoms with E-state index in [1.165, 1.54) is 30.5 Å². The van der Waals surface area contributed by atoms with Gasteiger partial charge >= 0.3 is 5.57 Å². The third-order valence-electron chi connectivity index (χ3n) is 6.15. The van der Waals surface area contributed by atoms with E-state index >= 15 is 0 Å². The predicted molar refractivity (Wildman–Crippen MR) is 131 cm³/mol. The van der Waals surface area contributed by atoms with E-state index < -0.39 is 17.6 Å². The van der Waals surface area contributed by atoms with Crippen molar-refractivity contribution in [2.75, 3.05) is 30.4 Å². The van der Waals surface area contributed by atoms with Gasteiger partial charge in [0.05, 0.1) is 29.9 Å². The smallest absolute Gasteiger partial charge is 0.420 e. The fourth-order valence-corrected chi connectivity index (χ4v) is 4.44. The van der Waals surface area contributed by atoms with E-state index in [1.807, 2.05) is 0 Å². The van der Waals surface area contributed by atoms with Crippen LogP contribution in [0.25, 0.3) is 11.1 Å². The van der Waals surface area contributed by atoms with Gasteiger partial charge in [-0.2, -0.15) is 0 Å². The molecule has 2 aromatic heterocycles. The van der Waals surface area contributed by atoms with Crippen molar-refractivity contribution in [3.05, 3.63) is 65.6 Å². The molecule has 5 rings (SSSR count). The lowest BCUT2D eigenvalue weighted by Crippen LogP contribution is -2.23. The van der Waals surface area contributed by atoms with E-state index in [4.69, 9.17) is 11.6 Å². The molecule has 192 valence electrons. The number of alkyl halides is 4. The third kappa shape index (κ3) is 5.31. The first kappa shape index (κ1) is 24.8. The molecule has 1 fully saturated rings. The quantitative estimate of drug-likeness (QED) is 0.464. The number of amides is 2. The van der Waals surface area contributed by atoms with E-state index in [1.54, 1.807) is 35.2 Å². The summed E-state index contributed by atoms with van der Waals surface area (Å²) in [5.41, 5.74) is -1.09. The molecule has 2 aliphatic rings. The number of aromatic nitrogens is 2. The van der Waals surface area contributed by atoms with Crippen LogP contribution >= 0.6 is 11.6 Å². The first-order chi connectivity index (χ1) is 17.6. The van der Waals surface area contributed by atoms with Gasteiger partial charge in [-0.3, -0.25) is 14.6 Å². The predicted octanol–water partition coefficient (Wildman–Crippen LogP) is 4.70. The largest absolute Gasteiger partial charge is 0.487 e. The van der Waals surface area contributed by atoms with E-state index in [0.29, 0.717) is 53.4 Å². The molecule has 1 saturated heterocycles. The monoisotopic (exact) mass is 531 g/mol. The van der Waals surface area contributed by atoms with E-state index in [0.717, 1.165) is 0 Å². The Morgan fingerprint density at radius 3 is 2.59 bits per heavy atom. The summed E-state index contributed by atoms with van der Waals surface area (Å²) in [7, 11) is 1.69. The number of carbonyl (C=O) groups excluding carboxylic acids is 2. The summed E-state index contributed by atoms with van der Waals surface area (Å²) >= 11 is 4.77. The van der Waals surface area contributed by atoms with E-state index in [9.17, 15) is 22.8 Å². The molecule has 0 aliphatic carbocycles. The van der Waals surface area contributed by atoms with Crippen molar-refractivity contribution in [3.8, 4) is 16.9 Å². The van der Waals surface area contributed by atoms with Crippen molar-refractivity contribution < 1.29 is 27.5 Å². The van der Waals surface area contributed by atoms with Gasteiger partial charge in [-0.25, -0.2) is 9.37 Å². The molecule has 8 nitrogen and oxygen atoms in total. The van der Waals surface area contributed by atoms with Gasteiger partial charge in [-0.05, 0) is 42.8 Å². The Kier molecular flexibility index (Phi) is 6.40. The molecule has 1 atom stereocenters. The highest BCUT2D eigenvalue weighted by Gasteiger charge is 2.30. The van der Waals surface area contributed by atoms with Crippen LogP contribution in [0.15, 0.2) is 48.8 Å². The Morgan fingerprint density at radius 1 is 1.16 bits per heavy atom. The first-order valence-corrected chi connectivity index (χ1v) is 11.8. The number of benzene rings is 1. The molecule has 3 aromatic rings. The molecular formula is C25H21ClF3N5O3. The van der Waals surface area contributed by atoms with Crippen LogP contribution in [-0.4, -0.2) is 58.6 Å². The zero-order valence-electron chi connectivity index (χ0n) is 19.6. The second kappa shape index (κ2) is 9.55. The van der Waals surface area contributed by atoms with Crippen LogP contribution in [0.1, 0.15) is 32.8 Å². The summed E-state index contributed by atoms with van der Waals surface area (Å²) in [6.45, 7) is 1.04. The van der Waals surface area contributed by atoms with Crippen LogP contribution in [0.5, 0.6) is 5.75 Å². The Hall–Kier alpha value is -3.86. The normalized spacial score (nSPS) is 17.2. The number of carbonyl (C=O) groups is 2. The fourth-order valence-electron chi connectivity index (χ4n) is 4.35. The second-order valence-corrected chi connectivity index (χ2v) is 9.27. The van der Waals surface area contributed by atoms with Gasteiger partial charge in [0, 0.05) is 54.4 Å². The van der Waals surface area contributed by atoms with Crippen LogP contribution in [-0.2, 0) is 6.54 Å². The molecule has 4 heterocycles. The number of nitrogens with one attached hydrogen (secondary N) is 1. The van der Waals surface area contributed by atoms with Crippen molar-refractivity contribution in [1.29, 1.82) is 0 Å². The third-order valence-corrected chi connectivity index (χ3v) is 6.23. The van der Waals surface area contributed by atoms with Crippen molar-refractivity contribution >= 4 is 34.9 Å². The van der Waals surface area contributed by atoms with Crippen LogP contribution in [0.3, 0.4) is 0 Å². The van der Waals surface area contributed by atoms with Crippen molar-refractivity contribution in [2.45, 2.75) is 24.7 Å². The molecule has 1 aromatic carbocycles. The van der Waals surface area contributed by atoms with E-state index in [-0.39, 0.29) is 23.8 Å². The first-order valence-electron chi connectivity index (χ1n) is 11.4. The van der Waals surface area contributed by atoms with Gasteiger partial charge in [-0.15, -0.1) is 8.78 Å². The lowest BCUT2D eigenvalue weighted by atomic mass is 10.0. The van der Waals surface area contributed by atoms with Crippen LogP contribution in [0.4, 0.5) is 24.7 Å². The maximum atomic E-state index is 14.0. The lowest BCUT2D eigenvalue weighted by molar-refractivity contribution is -0.0964. The highest BCUT2D eigenvalue weighted by atomic mass is 35.5. The molecule has 0 saturated carbocycles. The average Bonchev–Trinajstić information content (AvgIpc) is 3.41. The van der Waals surface area contributed by atoms with Crippen LogP contribution < -0.4 is 15.0 Å². The summed E-state index contributed by atoms with van der Waals surface area (Å²) in [6.07, 6.45) is 2.37. The second-order valence-electron chi connectivity index (χ2n) is 8.83. The minimum atomic E-state index is -3.85. The van der Waals surface area contributed by atoms with Gasteiger partial charge in [0.25, 0.3) is 11.8 Å². The number of ether oxygens (including phenoxy) is 1. The minimum Gasteiger partial charge on any atom is -0.420 e. The lowest BCUT2D eigenvalue weighted by Gasteiger charge is -2.21. The van der Waals surface area contributed by atoms with Gasteiger partial charge in [-0.1, -0.05) is 0 Å². The van der Waals surface area contributed by atoms with Gasteiger partial charge < -0.3 is 19.9 Å². The van der Waals surface area contributed by atoms with Crippen molar-refractivity contribution in [1.82, 2.24) is 14.9 Å². The Balaban J connectivity index is 1.45. The molecule has 0 bridgehead atoms. The SMILES string of the molecule is CN1Cc2ncc(-c3cc(C(=O)Nc4ccc(OC(F)(F)Cl)cc4)cnc3N3CCC(F)C3)cc2C1=O. The maximum Gasteiger partial charge on any atom is 0.487 e. The number of pyridine rings is 2. The molecule has 0 radical (unpaired) electrons. The zero-order chi connectivity index (χ0) is 26.3. The maximum absolute atomic E-state index is 14.0. The molecule has 2 aliphatic heterocycles. The highest BCUT2D eigenvalue weighted by molar-refractivity contribution is 6.20. The fraction of sp³-hybridized carbons (Fsp3) is 0.280. The number of nitrogens with zero attached hydrogens (tertiary/aromatic N) is 4. The molecule has 0 spiro atoms. The van der Waals surface area contributed by atoms with Gasteiger partial charge in [0.1, 0.15) is 17.7 Å². The summed E-state index contributed by atoms with van der Waals surface area (Å²) in [5, 5.41) is 2.67. The van der Waals surface area contributed by atoms with Crippen LogP contribution in [0, 0.1) is 0 Å². The number of rotatable bonds is 6. The molecule has 1 N–H and O–H groups in total. The molecule has 1 unspecified atom stereocenters. The van der Waals surface area contributed by atoms with Gasteiger partial charge in [0.2, 0.25) is 0 Å². The standard InChI is InChI=1S/C25H21ClF3N5O3/c1-33-13-21-20(24(33)36)8-14(10-30-21)19-9-15(11-31-22(19)34-7-6-16(27)12-34)23(35)32-17-2-4-18(5-3-17)37-25(26,28)29/h2-5,8-11,16H,6-7,12-13H2,1H3,(H,32,35). The number of hydrogen-bond acceptors (Lipinski definition) is 6. The topological polar surface area (TPSA) is 87.7 Å². The number of fused-ring (bicyclic) bond motifs is 1. The highest BCUT2D eigenvalue weighted by Crippen LogP contribution is 2.34. The molecule has 37 heavy (non-hydrogen) atoms. The molecule has 12 heteroatoms. The summed E-state index contributed by atoms with van der Waals surface area (Å²) in [4.78, 5) is 37.8. The zero-order valence-corrected chi connectivity index (χ0v) is 20.3. The molecule has 2 amide bonds. The van der Waals surface area contributed by atoms with Gasteiger partial charge in [0.15, 0.2) is 0 Å². The Morgan fingerprint density at radius 2 is 1.92 bits per heavy atom. The number of hydrogen-bond donors (Lipinski definition) is 1. The number of anilines is 2. The summed E-state index contributed by atoms with van der Waals surface area (Å²) in [5.74, 6) is -0.350. The van der Waals surface area contributed by atoms with E-state index in [2.05, 4.69) is 20.0 Å². The Labute approximate surface area is 215 Å². The Bertz CT molecular complexity index is 1370.